The molecule has 0 saturated heterocycles. The molecular formula is C15H11F4NO3S2. The van der Waals surface area contributed by atoms with Crippen molar-refractivity contribution in [3.8, 4) is 0 Å². The molecule has 2 aromatic rings. The van der Waals surface area contributed by atoms with Gasteiger partial charge in [0, 0.05) is 0 Å². The number of hydrogen-bond acceptors (Lipinski definition) is 4. The van der Waals surface area contributed by atoms with Gasteiger partial charge in [0.2, 0.25) is 0 Å². The lowest BCUT2D eigenvalue weighted by atomic mass is 10.1. The summed E-state index contributed by atoms with van der Waals surface area (Å²) < 4.78 is 77.6. The summed E-state index contributed by atoms with van der Waals surface area (Å²) in [5, 5.41) is 1.65. The maximum absolute atomic E-state index is 13.3. The smallest absolute Gasteiger partial charge is 0.267 e. The van der Waals surface area contributed by atoms with E-state index < -0.39 is 38.4 Å². The molecule has 0 radical (unpaired) electrons. The average Bonchev–Trinajstić information content (AvgIpc) is 3.22. The van der Waals surface area contributed by atoms with Gasteiger partial charge in [-0.15, -0.1) is 11.3 Å². The van der Waals surface area contributed by atoms with Gasteiger partial charge in [-0.05, 0) is 54.0 Å². The summed E-state index contributed by atoms with van der Waals surface area (Å²) in [4.78, 5) is 11.6. The van der Waals surface area contributed by atoms with Crippen LogP contribution in [0.5, 0.6) is 0 Å². The molecule has 1 aromatic heterocycles. The third-order valence-corrected chi connectivity index (χ3v) is 5.96. The van der Waals surface area contributed by atoms with Crippen molar-refractivity contribution in [1.29, 1.82) is 0 Å². The standard InChI is InChI=1S/C15H11F4NO3S2/c16-12-4-3-9(7-11(12)15(17,18)19)25(22,23)20-14(21)13-10(5-6-24-13)8-1-2-8/h3-8H,1-2H2,(H,20,21). The van der Waals surface area contributed by atoms with E-state index in [1.54, 1.807) is 16.2 Å². The van der Waals surface area contributed by atoms with Crippen molar-refractivity contribution in [1.82, 2.24) is 4.72 Å². The topological polar surface area (TPSA) is 63.2 Å². The van der Waals surface area contributed by atoms with Crippen molar-refractivity contribution >= 4 is 27.3 Å². The van der Waals surface area contributed by atoms with Crippen molar-refractivity contribution in [2.45, 2.75) is 29.8 Å². The van der Waals surface area contributed by atoms with Gasteiger partial charge in [-0.2, -0.15) is 13.2 Å². The summed E-state index contributed by atoms with van der Waals surface area (Å²) in [5.74, 6) is -2.29. The highest BCUT2D eigenvalue weighted by Crippen LogP contribution is 2.43. The molecule has 25 heavy (non-hydrogen) atoms. The first-order chi connectivity index (χ1) is 11.6. The van der Waals surface area contributed by atoms with Crippen LogP contribution in [-0.2, 0) is 16.2 Å². The number of benzene rings is 1. The SMILES string of the molecule is O=C(NS(=O)(=O)c1ccc(F)c(C(F)(F)F)c1)c1sccc1C1CC1. The summed E-state index contributed by atoms with van der Waals surface area (Å²) in [7, 11) is -4.57. The van der Waals surface area contributed by atoms with Crippen molar-refractivity contribution in [2.75, 3.05) is 0 Å². The van der Waals surface area contributed by atoms with Crippen LogP contribution in [0.2, 0.25) is 0 Å². The molecule has 0 spiro atoms. The normalized spacial score (nSPS) is 15.2. The molecule has 1 aliphatic rings. The molecular weight excluding hydrogens is 382 g/mol. The maximum Gasteiger partial charge on any atom is 0.419 e. The quantitative estimate of drug-likeness (QED) is 0.802. The zero-order chi connectivity index (χ0) is 18.4. The van der Waals surface area contributed by atoms with Gasteiger partial charge in [-0.25, -0.2) is 17.5 Å². The highest BCUT2D eigenvalue weighted by Gasteiger charge is 2.36. The fraction of sp³-hybridized carbons (Fsp3) is 0.267. The van der Waals surface area contributed by atoms with E-state index in [0.29, 0.717) is 12.1 Å². The lowest BCUT2D eigenvalue weighted by Gasteiger charge is -2.11. The van der Waals surface area contributed by atoms with E-state index in [1.807, 2.05) is 0 Å². The highest BCUT2D eigenvalue weighted by atomic mass is 32.2. The van der Waals surface area contributed by atoms with E-state index in [-0.39, 0.29) is 16.9 Å². The second-order valence-corrected chi connectivity index (χ2v) is 8.15. The number of hydrogen-bond donors (Lipinski definition) is 1. The Balaban J connectivity index is 1.89. The van der Waals surface area contributed by atoms with Gasteiger partial charge in [0.05, 0.1) is 15.3 Å². The van der Waals surface area contributed by atoms with Crippen LogP contribution < -0.4 is 4.72 Å². The molecule has 10 heteroatoms. The maximum atomic E-state index is 13.3. The number of rotatable bonds is 4. The Morgan fingerprint density at radius 3 is 2.48 bits per heavy atom. The van der Waals surface area contributed by atoms with Crippen LogP contribution >= 0.6 is 11.3 Å². The van der Waals surface area contributed by atoms with Crippen LogP contribution in [0, 0.1) is 5.82 Å². The first kappa shape index (κ1) is 17.9. The lowest BCUT2D eigenvalue weighted by molar-refractivity contribution is -0.140. The fourth-order valence-electron chi connectivity index (χ4n) is 2.34. The zero-order valence-corrected chi connectivity index (χ0v) is 14.1. The second-order valence-electron chi connectivity index (χ2n) is 5.55. The number of amides is 1. The summed E-state index contributed by atoms with van der Waals surface area (Å²) in [6.07, 6.45) is -3.25. The summed E-state index contributed by atoms with van der Waals surface area (Å²) in [6.45, 7) is 0. The molecule has 3 rings (SSSR count). The molecule has 4 nitrogen and oxygen atoms in total. The number of carbonyl (C=O) groups is 1. The van der Waals surface area contributed by atoms with Gasteiger partial charge in [0.1, 0.15) is 5.82 Å². The molecule has 0 atom stereocenters. The molecule has 1 saturated carbocycles. The van der Waals surface area contributed by atoms with E-state index >= 15 is 0 Å². The van der Waals surface area contributed by atoms with Crippen LogP contribution in [0.25, 0.3) is 0 Å². The Morgan fingerprint density at radius 2 is 1.88 bits per heavy atom. The summed E-state index contributed by atoms with van der Waals surface area (Å²) in [5.41, 5.74) is -0.981. The molecule has 1 heterocycles. The number of alkyl halides is 3. The molecule has 1 amide bonds. The minimum absolute atomic E-state index is 0.168. The van der Waals surface area contributed by atoms with E-state index in [9.17, 15) is 30.8 Å². The third kappa shape index (κ3) is 3.69. The molecule has 0 aliphatic heterocycles. The minimum Gasteiger partial charge on any atom is -0.267 e. The Labute approximate surface area is 144 Å². The zero-order valence-electron chi connectivity index (χ0n) is 12.4. The predicted octanol–water partition coefficient (Wildman–Crippen LogP) is 3.90. The van der Waals surface area contributed by atoms with Gasteiger partial charge >= 0.3 is 6.18 Å². The van der Waals surface area contributed by atoms with E-state index in [4.69, 9.17) is 0 Å². The molecule has 0 bridgehead atoms. The first-order valence-electron chi connectivity index (χ1n) is 7.11. The van der Waals surface area contributed by atoms with E-state index in [0.717, 1.165) is 29.7 Å². The minimum atomic E-state index is -5.05. The van der Waals surface area contributed by atoms with Gasteiger partial charge in [-0.3, -0.25) is 4.79 Å². The van der Waals surface area contributed by atoms with Crippen LogP contribution in [-0.4, -0.2) is 14.3 Å². The Bertz CT molecular complexity index is 930. The van der Waals surface area contributed by atoms with Crippen molar-refractivity contribution in [3.63, 3.8) is 0 Å². The monoisotopic (exact) mass is 393 g/mol. The first-order valence-corrected chi connectivity index (χ1v) is 9.47. The fourth-order valence-corrected chi connectivity index (χ4v) is 4.26. The molecule has 134 valence electrons. The predicted molar refractivity (Wildman–Crippen MR) is 82.3 cm³/mol. The largest absolute Gasteiger partial charge is 0.419 e. The molecule has 0 unspecified atom stereocenters. The van der Waals surface area contributed by atoms with Crippen molar-refractivity contribution in [2.24, 2.45) is 0 Å². The average molecular weight is 393 g/mol. The number of halogens is 4. The number of thiophene rings is 1. The van der Waals surface area contributed by atoms with Crippen LogP contribution in [0.15, 0.2) is 34.5 Å². The Hall–Kier alpha value is -1.94. The Kier molecular flexibility index (Phi) is 4.36. The van der Waals surface area contributed by atoms with Crippen molar-refractivity contribution in [3.05, 3.63) is 51.5 Å². The van der Waals surface area contributed by atoms with Crippen LogP contribution in [0.4, 0.5) is 17.6 Å². The molecule has 1 fully saturated rings. The second kappa shape index (κ2) is 6.10. The molecule has 1 N–H and O–H groups in total. The van der Waals surface area contributed by atoms with Gasteiger partial charge < -0.3 is 0 Å². The summed E-state index contributed by atoms with van der Waals surface area (Å²) >= 11 is 1.06. The Morgan fingerprint density at radius 1 is 1.20 bits per heavy atom. The summed E-state index contributed by atoms with van der Waals surface area (Å²) in [6, 6.07) is 2.98. The lowest BCUT2D eigenvalue weighted by Crippen LogP contribution is -2.30. The number of sulfonamides is 1. The van der Waals surface area contributed by atoms with Gasteiger partial charge in [0.15, 0.2) is 0 Å². The van der Waals surface area contributed by atoms with E-state index in [1.165, 1.54) is 0 Å². The number of nitrogens with one attached hydrogen (secondary N) is 1. The van der Waals surface area contributed by atoms with E-state index in [2.05, 4.69) is 0 Å². The van der Waals surface area contributed by atoms with Gasteiger partial charge in [0.25, 0.3) is 15.9 Å². The molecule has 1 aromatic carbocycles. The molecule has 1 aliphatic carbocycles. The third-order valence-electron chi connectivity index (χ3n) is 3.70. The van der Waals surface area contributed by atoms with Gasteiger partial charge in [-0.1, -0.05) is 0 Å². The van der Waals surface area contributed by atoms with Crippen molar-refractivity contribution < 1.29 is 30.8 Å². The highest BCUT2D eigenvalue weighted by molar-refractivity contribution is 7.90. The number of carbonyl (C=O) groups excluding carboxylic acids is 1. The van der Waals surface area contributed by atoms with Crippen LogP contribution in [0.3, 0.4) is 0 Å². The van der Waals surface area contributed by atoms with Crippen LogP contribution in [0.1, 0.15) is 39.6 Å².